The molecular formula is C16H19N3O3S. The first-order valence-corrected chi connectivity index (χ1v) is 8.66. The summed E-state index contributed by atoms with van der Waals surface area (Å²) < 4.78 is 0. The van der Waals surface area contributed by atoms with Gasteiger partial charge in [0.05, 0.1) is 17.5 Å². The van der Waals surface area contributed by atoms with Crippen LogP contribution >= 0.6 is 11.3 Å². The zero-order valence-electron chi connectivity index (χ0n) is 12.7. The van der Waals surface area contributed by atoms with Crippen molar-refractivity contribution < 1.29 is 14.7 Å². The Hall–Kier alpha value is -2.15. The Kier molecular flexibility index (Phi) is 4.76. The van der Waals surface area contributed by atoms with Gasteiger partial charge >= 0.3 is 5.97 Å². The summed E-state index contributed by atoms with van der Waals surface area (Å²) >= 11 is 1.58. The van der Waals surface area contributed by atoms with Gasteiger partial charge in [-0.3, -0.25) is 14.7 Å². The number of amides is 1. The number of aromatic amines is 1. The molecular weight excluding hydrogens is 314 g/mol. The standard InChI is InChI=1S/C16H19N3O3S/c20-14(21)4-3-11-2-1-6-19(9-11)16(22)13-8-17-18-15(13)12-5-7-23-10-12/h5,7-8,10-11H,1-4,6,9H2,(H,17,18)(H,20,21). The van der Waals surface area contributed by atoms with Crippen molar-refractivity contribution in [1.29, 1.82) is 0 Å². The predicted octanol–water partition coefficient (Wildman–Crippen LogP) is 2.86. The molecule has 23 heavy (non-hydrogen) atoms. The quantitative estimate of drug-likeness (QED) is 0.881. The summed E-state index contributed by atoms with van der Waals surface area (Å²) in [5, 5.41) is 19.7. The average Bonchev–Trinajstić information content (AvgIpc) is 3.23. The highest BCUT2D eigenvalue weighted by molar-refractivity contribution is 7.08. The first-order chi connectivity index (χ1) is 11.1. The van der Waals surface area contributed by atoms with Crippen molar-refractivity contribution in [2.45, 2.75) is 25.7 Å². The monoisotopic (exact) mass is 333 g/mol. The van der Waals surface area contributed by atoms with E-state index in [1.807, 2.05) is 21.7 Å². The van der Waals surface area contributed by atoms with E-state index in [1.54, 1.807) is 17.5 Å². The lowest BCUT2D eigenvalue weighted by Crippen LogP contribution is -2.40. The molecule has 1 aliphatic rings. The predicted molar refractivity (Wildman–Crippen MR) is 87.4 cm³/mol. The van der Waals surface area contributed by atoms with Gasteiger partial charge in [-0.2, -0.15) is 16.4 Å². The summed E-state index contributed by atoms with van der Waals surface area (Å²) in [7, 11) is 0. The number of piperidine rings is 1. The van der Waals surface area contributed by atoms with Crippen LogP contribution < -0.4 is 0 Å². The molecule has 1 saturated heterocycles. The van der Waals surface area contributed by atoms with E-state index in [0.717, 1.165) is 30.6 Å². The first kappa shape index (κ1) is 15.7. The third-order valence-electron chi connectivity index (χ3n) is 4.25. The largest absolute Gasteiger partial charge is 0.481 e. The van der Waals surface area contributed by atoms with E-state index in [2.05, 4.69) is 10.2 Å². The highest BCUT2D eigenvalue weighted by Gasteiger charge is 2.27. The Balaban J connectivity index is 1.71. The Labute approximate surface area is 138 Å². The van der Waals surface area contributed by atoms with Gasteiger partial charge in [0.25, 0.3) is 5.91 Å². The Bertz CT molecular complexity index is 681. The fourth-order valence-electron chi connectivity index (χ4n) is 3.06. The molecule has 0 radical (unpaired) electrons. The summed E-state index contributed by atoms with van der Waals surface area (Å²) in [6, 6.07) is 1.96. The van der Waals surface area contributed by atoms with Crippen LogP contribution in [-0.4, -0.2) is 45.2 Å². The van der Waals surface area contributed by atoms with Crippen LogP contribution in [0.1, 0.15) is 36.0 Å². The second kappa shape index (κ2) is 6.95. The molecule has 0 aliphatic carbocycles. The van der Waals surface area contributed by atoms with Crippen LogP contribution in [-0.2, 0) is 4.79 Å². The summed E-state index contributed by atoms with van der Waals surface area (Å²) in [5.74, 6) is -0.539. The number of nitrogens with zero attached hydrogens (tertiary/aromatic N) is 2. The van der Waals surface area contributed by atoms with E-state index in [-0.39, 0.29) is 18.2 Å². The fourth-order valence-corrected chi connectivity index (χ4v) is 3.70. The third kappa shape index (κ3) is 3.61. The van der Waals surface area contributed by atoms with Crippen LogP contribution in [0.3, 0.4) is 0 Å². The van der Waals surface area contributed by atoms with Crippen LogP contribution in [0.25, 0.3) is 11.3 Å². The number of rotatable bonds is 5. The maximum absolute atomic E-state index is 12.8. The molecule has 122 valence electrons. The number of carboxylic acids is 1. The molecule has 1 atom stereocenters. The number of nitrogens with one attached hydrogen (secondary N) is 1. The number of aliphatic carboxylic acids is 1. The SMILES string of the molecule is O=C(O)CCC1CCCN(C(=O)c2cn[nH]c2-c2ccsc2)C1. The Morgan fingerprint density at radius 1 is 1.48 bits per heavy atom. The zero-order valence-corrected chi connectivity index (χ0v) is 13.5. The van der Waals surface area contributed by atoms with Gasteiger partial charge in [0.2, 0.25) is 0 Å². The van der Waals surface area contributed by atoms with Gasteiger partial charge in [-0.25, -0.2) is 0 Å². The van der Waals surface area contributed by atoms with Crippen LogP contribution in [0.2, 0.25) is 0 Å². The number of carbonyl (C=O) groups excluding carboxylic acids is 1. The van der Waals surface area contributed by atoms with Gasteiger partial charge in [0.1, 0.15) is 0 Å². The van der Waals surface area contributed by atoms with Crippen LogP contribution in [0.4, 0.5) is 0 Å². The van der Waals surface area contributed by atoms with Crippen molar-refractivity contribution in [2.24, 2.45) is 5.92 Å². The molecule has 0 saturated carbocycles. The van der Waals surface area contributed by atoms with Gasteiger partial charge < -0.3 is 10.0 Å². The summed E-state index contributed by atoms with van der Waals surface area (Å²) in [4.78, 5) is 25.4. The maximum Gasteiger partial charge on any atom is 0.303 e. The number of H-pyrrole nitrogens is 1. The van der Waals surface area contributed by atoms with Gasteiger partial charge in [-0.05, 0) is 36.6 Å². The molecule has 0 bridgehead atoms. The molecule has 1 unspecified atom stereocenters. The molecule has 1 aliphatic heterocycles. The van der Waals surface area contributed by atoms with E-state index >= 15 is 0 Å². The Morgan fingerprint density at radius 2 is 2.35 bits per heavy atom. The normalized spacial score (nSPS) is 18.1. The first-order valence-electron chi connectivity index (χ1n) is 7.72. The van der Waals surface area contributed by atoms with E-state index in [1.165, 1.54) is 0 Å². The van der Waals surface area contributed by atoms with Crippen LogP contribution in [0, 0.1) is 5.92 Å². The van der Waals surface area contributed by atoms with Gasteiger partial charge in [-0.15, -0.1) is 0 Å². The van der Waals surface area contributed by atoms with E-state index < -0.39 is 5.97 Å². The number of hydrogen-bond acceptors (Lipinski definition) is 4. The number of thiophene rings is 1. The summed E-state index contributed by atoms with van der Waals surface area (Å²) in [5.41, 5.74) is 2.31. The molecule has 0 aromatic carbocycles. The van der Waals surface area contributed by atoms with Crippen molar-refractivity contribution >= 4 is 23.2 Å². The zero-order chi connectivity index (χ0) is 16.2. The highest BCUT2D eigenvalue weighted by atomic mass is 32.1. The lowest BCUT2D eigenvalue weighted by atomic mass is 9.93. The lowest BCUT2D eigenvalue weighted by molar-refractivity contribution is -0.137. The highest BCUT2D eigenvalue weighted by Crippen LogP contribution is 2.27. The topological polar surface area (TPSA) is 86.3 Å². The summed E-state index contributed by atoms with van der Waals surface area (Å²) in [6.07, 6.45) is 4.28. The number of carbonyl (C=O) groups is 2. The third-order valence-corrected chi connectivity index (χ3v) is 4.94. The molecule has 2 N–H and O–H groups in total. The maximum atomic E-state index is 12.8. The van der Waals surface area contributed by atoms with Crippen molar-refractivity contribution in [3.8, 4) is 11.3 Å². The smallest absolute Gasteiger partial charge is 0.303 e. The summed E-state index contributed by atoms with van der Waals surface area (Å²) in [6.45, 7) is 1.34. The molecule has 7 heteroatoms. The second-order valence-corrected chi connectivity index (χ2v) is 6.64. The molecule has 1 fully saturated rings. The van der Waals surface area contributed by atoms with Crippen molar-refractivity contribution in [3.63, 3.8) is 0 Å². The van der Waals surface area contributed by atoms with Crippen LogP contribution in [0.15, 0.2) is 23.0 Å². The van der Waals surface area contributed by atoms with Gasteiger partial charge in [-0.1, -0.05) is 0 Å². The van der Waals surface area contributed by atoms with Gasteiger partial charge in [0.15, 0.2) is 0 Å². The fraction of sp³-hybridized carbons (Fsp3) is 0.438. The van der Waals surface area contributed by atoms with Crippen molar-refractivity contribution in [2.75, 3.05) is 13.1 Å². The minimum Gasteiger partial charge on any atom is -0.481 e. The average molecular weight is 333 g/mol. The lowest BCUT2D eigenvalue weighted by Gasteiger charge is -2.32. The van der Waals surface area contributed by atoms with E-state index in [9.17, 15) is 9.59 Å². The second-order valence-electron chi connectivity index (χ2n) is 5.86. The molecule has 6 nitrogen and oxygen atoms in total. The molecule has 3 rings (SSSR count). The van der Waals surface area contributed by atoms with E-state index in [4.69, 9.17) is 5.11 Å². The molecule has 2 aromatic rings. The Morgan fingerprint density at radius 3 is 3.09 bits per heavy atom. The number of aromatic nitrogens is 2. The number of likely N-dealkylation sites (tertiary alicyclic amines) is 1. The number of carboxylic acid groups (broad SMARTS) is 1. The molecule has 1 amide bonds. The molecule has 0 spiro atoms. The van der Waals surface area contributed by atoms with Crippen molar-refractivity contribution in [1.82, 2.24) is 15.1 Å². The van der Waals surface area contributed by atoms with E-state index in [0.29, 0.717) is 18.5 Å². The minimum atomic E-state index is -0.775. The van der Waals surface area contributed by atoms with Gasteiger partial charge in [0, 0.05) is 30.5 Å². The molecule has 3 heterocycles. The van der Waals surface area contributed by atoms with Crippen LogP contribution in [0.5, 0.6) is 0 Å². The number of hydrogen-bond donors (Lipinski definition) is 2. The molecule has 2 aromatic heterocycles. The van der Waals surface area contributed by atoms with Crippen molar-refractivity contribution in [3.05, 3.63) is 28.6 Å². The minimum absolute atomic E-state index is 0.0278.